The average molecular weight is 540 g/mol. The summed E-state index contributed by atoms with van der Waals surface area (Å²) in [5, 5.41) is 19.5. The van der Waals surface area contributed by atoms with Crippen molar-refractivity contribution in [3.63, 3.8) is 0 Å². The van der Waals surface area contributed by atoms with Gasteiger partial charge in [0.25, 0.3) is 0 Å². The maximum atomic E-state index is 11.3. The van der Waals surface area contributed by atoms with Crippen LogP contribution in [-0.2, 0) is 34.9 Å². The maximum absolute atomic E-state index is 11.3. The van der Waals surface area contributed by atoms with E-state index in [1.54, 1.807) is 0 Å². The van der Waals surface area contributed by atoms with Gasteiger partial charge < -0.3 is 32.0 Å². The van der Waals surface area contributed by atoms with Crippen molar-refractivity contribution in [2.45, 2.75) is 24.7 Å². The Hall–Kier alpha value is -2.13. The van der Waals surface area contributed by atoms with E-state index < -0.39 is 66.3 Å². The van der Waals surface area contributed by atoms with Gasteiger partial charge in [0.15, 0.2) is 0 Å². The molecule has 0 aliphatic rings. The topological polar surface area (TPSA) is 114 Å². The van der Waals surface area contributed by atoms with Crippen LogP contribution in [0.15, 0.2) is 11.5 Å². The van der Waals surface area contributed by atoms with Gasteiger partial charge in [-0.05, 0) is 0 Å². The van der Waals surface area contributed by atoms with Gasteiger partial charge in [-0.15, -0.1) is 0 Å². The number of hydrogen-bond donors (Lipinski definition) is 0. The number of allylic oxidation sites excluding steroid dienone is 4. The van der Waals surface area contributed by atoms with E-state index in [2.05, 4.69) is 0 Å². The summed E-state index contributed by atoms with van der Waals surface area (Å²) >= 11 is -2.03. The van der Waals surface area contributed by atoms with Crippen LogP contribution in [0.25, 0.3) is 0 Å². The Morgan fingerprint density at radius 3 is 0.828 bits per heavy atom. The fourth-order valence-corrected chi connectivity index (χ4v) is 0.490. The van der Waals surface area contributed by atoms with Gasteiger partial charge in [0.2, 0.25) is 0 Å². The predicted molar refractivity (Wildman–Crippen MR) is 49.1 cm³/mol. The van der Waals surface area contributed by atoms with Crippen molar-refractivity contribution in [2.24, 2.45) is 0 Å². The number of carbonyl (C=O) groups excluding carboxylic acids is 2. The molecule has 0 heterocycles. The third kappa shape index (κ3) is 16.5. The number of ketones is 2. The fourth-order valence-electron chi connectivity index (χ4n) is 0.490. The fraction of sp³-hybridized carbons (Fsp3) is 0.400. The van der Waals surface area contributed by atoms with Crippen LogP contribution in [0.4, 0.5) is 52.7 Å². The molecule has 0 rings (SSSR count). The SMILES string of the molecule is O=C([C-]=C([O-])C(F)(F)F)C(F)(F)F.O=C([C-]=C([O-])C(F)(F)F)C(F)(F)F.[O]=[Mo+2]=[O]. The molecule has 0 radical (unpaired) electrons. The average Bonchev–Trinajstić information content (AvgIpc) is 2.44. The van der Waals surface area contributed by atoms with Gasteiger partial charge in [-0.1, -0.05) is 0 Å². The number of carbonyl (C=O) groups is 2. The van der Waals surface area contributed by atoms with E-state index in [0.717, 1.165) is 0 Å². The molecule has 0 aromatic rings. The van der Waals surface area contributed by atoms with Crippen LogP contribution in [0.2, 0.25) is 0 Å². The predicted octanol–water partition coefficient (Wildman–Crippen LogP) is 1.21. The Balaban J connectivity index is -0.000000410. The molecule has 0 aliphatic heterocycles. The summed E-state index contributed by atoms with van der Waals surface area (Å²) in [7, 11) is 0. The van der Waals surface area contributed by atoms with E-state index in [4.69, 9.17) is 6.80 Å². The van der Waals surface area contributed by atoms with Crippen LogP contribution in [0.1, 0.15) is 0 Å². The van der Waals surface area contributed by atoms with Crippen molar-refractivity contribution in [1.82, 2.24) is 0 Å². The summed E-state index contributed by atoms with van der Waals surface area (Å²) in [4.78, 5) is 19.5. The normalized spacial score (nSPS) is 13.2. The summed E-state index contributed by atoms with van der Waals surface area (Å²) in [6.07, 6.45) is -21.8. The van der Waals surface area contributed by atoms with E-state index >= 15 is 0 Å². The van der Waals surface area contributed by atoms with Crippen molar-refractivity contribution < 1.29 is 97.8 Å². The van der Waals surface area contributed by atoms with Crippen molar-refractivity contribution in [2.75, 3.05) is 0 Å². The Kier molecular flexibility index (Phi) is 12.8. The standard InChI is InChI=1S/2C5HF6O2.Mo.2O/c2*6-4(7,8)2(12)1-3(13)5(9,10)11;;;/h2*12H;;;/q2*-1;+2;;/p-2. The minimum atomic E-state index is -5.51. The molecule has 0 aliphatic carbocycles. The number of halogens is 12. The first-order valence-electron chi connectivity index (χ1n) is 5.42. The van der Waals surface area contributed by atoms with Crippen molar-refractivity contribution >= 4 is 11.6 Å². The molecule has 0 saturated heterocycles. The minimum absolute atomic E-state index is 0.132. The second kappa shape index (κ2) is 11.8. The zero-order valence-electron chi connectivity index (χ0n) is 12.4. The molecule has 29 heavy (non-hydrogen) atoms. The van der Waals surface area contributed by atoms with Crippen LogP contribution in [0.3, 0.4) is 0 Å². The molecule has 19 heteroatoms. The van der Waals surface area contributed by atoms with E-state index in [1.165, 1.54) is 0 Å². The van der Waals surface area contributed by atoms with Crippen LogP contribution in [0, 0.1) is 12.2 Å². The molecular weight excluding hydrogens is 540 g/mol. The van der Waals surface area contributed by atoms with E-state index in [9.17, 15) is 72.5 Å². The van der Waals surface area contributed by atoms with Crippen LogP contribution < -0.4 is 10.2 Å². The number of Topliss-reactive ketones (excluding diaryl/α,β-unsaturated/α-hetero) is 2. The first-order valence-corrected chi connectivity index (χ1v) is 7.06. The van der Waals surface area contributed by atoms with E-state index in [-0.39, 0.29) is 12.2 Å². The molecule has 0 aromatic heterocycles. The quantitative estimate of drug-likeness (QED) is 0.171. The molecule has 0 unspecified atom stereocenters. The number of rotatable bonds is 2. The molecule has 0 aromatic carbocycles. The molecule has 168 valence electrons. The zero-order valence-corrected chi connectivity index (χ0v) is 14.4. The molecule has 0 N–H and O–H groups in total. The second-order valence-corrected chi connectivity index (χ2v) is 3.96. The third-order valence-electron chi connectivity index (χ3n) is 1.48. The van der Waals surface area contributed by atoms with Gasteiger partial charge in [0.05, 0.1) is 11.6 Å². The summed E-state index contributed by atoms with van der Waals surface area (Å²) in [5.41, 5.74) is 0. The zero-order chi connectivity index (χ0) is 24.4. The molecule has 0 bridgehead atoms. The van der Waals surface area contributed by atoms with Crippen molar-refractivity contribution in [1.29, 1.82) is 0 Å². The third-order valence-corrected chi connectivity index (χ3v) is 1.48. The van der Waals surface area contributed by atoms with E-state index in [0.29, 0.717) is 0 Å². The van der Waals surface area contributed by atoms with Gasteiger partial charge >= 0.3 is 50.0 Å². The second-order valence-electron chi connectivity index (χ2n) is 3.63. The first-order chi connectivity index (χ1) is 12.5. The monoisotopic (exact) mass is 542 g/mol. The Morgan fingerprint density at radius 1 is 0.552 bits per heavy atom. The van der Waals surface area contributed by atoms with Crippen LogP contribution >= 0.6 is 0 Å². The summed E-state index contributed by atoms with van der Waals surface area (Å²) in [6, 6.07) is 0. The molecule has 6 nitrogen and oxygen atoms in total. The van der Waals surface area contributed by atoms with Gasteiger partial charge in [-0.2, -0.15) is 52.7 Å². The number of hydrogen-bond acceptors (Lipinski definition) is 6. The van der Waals surface area contributed by atoms with Gasteiger partial charge in [0, 0.05) is 0 Å². The van der Waals surface area contributed by atoms with Crippen LogP contribution in [0.5, 0.6) is 0 Å². The van der Waals surface area contributed by atoms with Gasteiger partial charge in [-0.3, -0.25) is 0 Å². The summed E-state index contributed by atoms with van der Waals surface area (Å²) < 4.78 is 152. The van der Waals surface area contributed by atoms with Crippen molar-refractivity contribution in [3.8, 4) is 0 Å². The molecule has 0 spiro atoms. The summed E-state index contributed by atoms with van der Waals surface area (Å²) in [5.74, 6) is -11.8. The summed E-state index contributed by atoms with van der Waals surface area (Å²) in [6.45, 7) is 0. The Labute approximate surface area is 158 Å². The Bertz CT molecular complexity index is 609. The molecule has 0 amide bonds. The van der Waals surface area contributed by atoms with E-state index in [1.807, 2.05) is 0 Å². The molecular formula is C10F12MoO6-2. The first kappa shape index (κ1) is 31.6. The van der Waals surface area contributed by atoms with Gasteiger partial charge in [-0.25, -0.2) is 11.5 Å². The van der Waals surface area contributed by atoms with Crippen molar-refractivity contribution in [3.05, 3.63) is 23.7 Å². The number of alkyl halides is 12. The Morgan fingerprint density at radius 2 is 0.724 bits per heavy atom. The molecule has 0 atom stereocenters. The molecule has 0 saturated carbocycles. The van der Waals surface area contributed by atoms with Gasteiger partial charge in [0.1, 0.15) is 0 Å². The van der Waals surface area contributed by atoms with Crippen LogP contribution in [-0.4, -0.2) is 36.3 Å². The molecule has 0 fully saturated rings.